The molecule has 0 radical (unpaired) electrons. The number of halogens is 1. The summed E-state index contributed by atoms with van der Waals surface area (Å²) in [5.41, 5.74) is 3.73. The van der Waals surface area contributed by atoms with Gasteiger partial charge in [0, 0.05) is 42.2 Å². The minimum atomic E-state index is -0.0900. The monoisotopic (exact) mass is 369 g/mol. The molecule has 0 bridgehead atoms. The molecule has 1 aromatic carbocycles. The Bertz CT molecular complexity index is 827. The van der Waals surface area contributed by atoms with Crippen LogP contribution in [-0.2, 0) is 13.6 Å². The Morgan fingerprint density at radius 3 is 2.70 bits per heavy atom. The predicted molar refractivity (Wildman–Crippen MR) is 94.0 cm³/mol. The number of nitrogens with one attached hydrogen (secondary N) is 1. The van der Waals surface area contributed by atoms with Crippen molar-refractivity contribution in [3.05, 3.63) is 76.8 Å². The third-order valence-corrected chi connectivity index (χ3v) is 4.09. The quantitative estimate of drug-likeness (QED) is 0.760. The van der Waals surface area contributed by atoms with Crippen LogP contribution in [0.5, 0.6) is 0 Å². The van der Waals surface area contributed by atoms with Gasteiger partial charge in [-0.05, 0) is 41.5 Å². The highest BCUT2D eigenvalue weighted by atomic mass is 79.9. The molecule has 0 fully saturated rings. The maximum atomic E-state index is 12.4. The number of carbonyl (C=O) groups excluding carboxylic acids is 1. The van der Waals surface area contributed by atoms with Crippen LogP contribution < -0.4 is 5.32 Å². The van der Waals surface area contributed by atoms with E-state index in [0.717, 1.165) is 21.2 Å². The molecule has 0 spiro atoms. The van der Waals surface area contributed by atoms with Gasteiger partial charge in [-0.2, -0.15) is 0 Å². The fourth-order valence-electron chi connectivity index (χ4n) is 2.41. The molecule has 4 nitrogen and oxygen atoms in total. The fraction of sp³-hybridized carbons (Fsp3) is 0.111. The molecule has 0 aliphatic carbocycles. The number of carbonyl (C=O) groups is 1. The largest absolute Gasteiger partial charge is 0.347 e. The molecule has 116 valence electrons. The van der Waals surface area contributed by atoms with Gasteiger partial charge in [0.05, 0.1) is 0 Å². The third-order valence-electron chi connectivity index (χ3n) is 3.59. The van der Waals surface area contributed by atoms with Crippen molar-refractivity contribution in [1.29, 1.82) is 0 Å². The zero-order chi connectivity index (χ0) is 16.2. The lowest BCUT2D eigenvalue weighted by Crippen LogP contribution is -2.24. The summed E-state index contributed by atoms with van der Waals surface area (Å²) >= 11 is 3.43. The van der Waals surface area contributed by atoms with E-state index in [1.807, 2.05) is 60.3 Å². The number of pyridine rings is 1. The Balaban J connectivity index is 1.74. The molecule has 1 amide bonds. The van der Waals surface area contributed by atoms with Crippen molar-refractivity contribution in [1.82, 2.24) is 14.9 Å². The van der Waals surface area contributed by atoms with Crippen molar-refractivity contribution in [2.24, 2.45) is 7.05 Å². The van der Waals surface area contributed by atoms with Crippen molar-refractivity contribution in [2.45, 2.75) is 6.54 Å². The Hall–Kier alpha value is -2.40. The molecule has 0 aliphatic rings. The van der Waals surface area contributed by atoms with Gasteiger partial charge >= 0.3 is 0 Å². The summed E-state index contributed by atoms with van der Waals surface area (Å²) in [6.07, 6.45) is 5.44. The zero-order valence-electron chi connectivity index (χ0n) is 12.7. The van der Waals surface area contributed by atoms with Crippen LogP contribution in [0.15, 0.2) is 65.5 Å². The maximum Gasteiger partial charge on any atom is 0.268 e. The summed E-state index contributed by atoms with van der Waals surface area (Å²) in [6.45, 7) is 0.494. The number of nitrogens with zero attached hydrogens (tertiary/aromatic N) is 2. The number of aryl methyl sites for hydroxylation is 1. The molecule has 1 N–H and O–H groups in total. The van der Waals surface area contributed by atoms with Gasteiger partial charge in [0.1, 0.15) is 5.69 Å². The molecule has 0 aliphatic heterocycles. The summed E-state index contributed by atoms with van der Waals surface area (Å²) in [4.78, 5) is 16.4. The highest BCUT2D eigenvalue weighted by molar-refractivity contribution is 9.10. The van der Waals surface area contributed by atoms with Gasteiger partial charge in [0.15, 0.2) is 0 Å². The maximum absolute atomic E-state index is 12.4. The van der Waals surface area contributed by atoms with E-state index in [9.17, 15) is 4.79 Å². The van der Waals surface area contributed by atoms with E-state index in [-0.39, 0.29) is 5.91 Å². The molecule has 2 heterocycles. The van der Waals surface area contributed by atoms with Crippen molar-refractivity contribution >= 4 is 21.8 Å². The molecule has 2 aromatic heterocycles. The Kier molecular flexibility index (Phi) is 4.57. The SMILES string of the molecule is Cn1cc(-c2ccncc2)cc1C(=O)NCc1cccc(Br)c1. The van der Waals surface area contributed by atoms with Crippen molar-refractivity contribution in [2.75, 3.05) is 0 Å². The summed E-state index contributed by atoms with van der Waals surface area (Å²) < 4.78 is 2.84. The van der Waals surface area contributed by atoms with Gasteiger partial charge in [-0.15, -0.1) is 0 Å². The fourth-order valence-corrected chi connectivity index (χ4v) is 2.86. The lowest BCUT2D eigenvalue weighted by molar-refractivity contribution is 0.0943. The third kappa shape index (κ3) is 3.68. The number of rotatable bonds is 4. The van der Waals surface area contributed by atoms with Crippen molar-refractivity contribution in [3.63, 3.8) is 0 Å². The highest BCUT2D eigenvalue weighted by Gasteiger charge is 2.12. The van der Waals surface area contributed by atoms with Crippen LogP contribution in [0.4, 0.5) is 0 Å². The van der Waals surface area contributed by atoms with Gasteiger partial charge in [-0.1, -0.05) is 28.1 Å². The number of hydrogen-bond donors (Lipinski definition) is 1. The second-order valence-electron chi connectivity index (χ2n) is 5.27. The van der Waals surface area contributed by atoms with E-state index in [0.29, 0.717) is 12.2 Å². The van der Waals surface area contributed by atoms with Crippen LogP contribution in [0.25, 0.3) is 11.1 Å². The average molecular weight is 370 g/mol. The van der Waals surface area contributed by atoms with Crippen LogP contribution in [0.2, 0.25) is 0 Å². The summed E-state index contributed by atoms with van der Waals surface area (Å²) in [6, 6.07) is 13.6. The molecule has 0 saturated carbocycles. The normalized spacial score (nSPS) is 10.5. The molecule has 0 saturated heterocycles. The van der Waals surface area contributed by atoms with E-state index in [2.05, 4.69) is 26.2 Å². The van der Waals surface area contributed by atoms with Crippen LogP contribution in [0.1, 0.15) is 16.1 Å². The van der Waals surface area contributed by atoms with E-state index in [4.69, 9.17) is 0 Å². The molecule has 23 heavy (non-hydrogen) atoms. The first-order valence-corrected chi connectivity index (χ1v) is 8.02. The lowest BCUT2D eigenvalue weighted by atomic mass is 10.1. The number of benzene rings is 1. The van der Waals surface area contributed by atoms with E-state index >= 15 is 0 Å². The van der Waals surface area contributed by atoms with Crippen LogP contribution in [-0.4, -0.2) is 15.5 Å². The molecular weight excluding hydrogens is 354 g/mol. The summed E-state index contributed by atoms with van der Waals surface area (Å²) in [7, 11) is 1.87. The highest BCUT2D eigenvalue weighted by Crippen LogP contribution is 2.21. The van der Waals surface area contributed by atoms with Crippen molar-refractivity contribution in [3.8, 4) is 11.1 Å². The first-order chi connectivity index (χ1) is 11.1. The average Bonchev–Trinajstić information content (AvgIpc) is 2.95. The van der Waals surface area contributed by atoms with Gasteiger partial charge in [0.2, 0.25) is 0 Å². The number of aromatic nitrogens is 2. The van der Waals surface area contributed by atoms with Gasteiger partial charge in [-0.25, -0.2) is 0 Å². The molecule has 0 atom stereocenters. The molecule has 0 unspecified atom stereocenters. The second kappa shape index (κ2) is 6.79. The van der Waals surface area contributed by atoms with Crippen molar-refractivity contribution < 1.29 is 4.79 Å². The lowest BCUT2D eigenvalue weighted by Gasteiger charge is -2.06. The topological polar surface area (TPSA) is 46.9 Å². The number of hydrogen-bond acceptors (Lipinski definition) is 2. The van der Waals surface area contributed by atoms with Crippen LogP contribution in [0.3, 0.4) is 0 Å². The zero-order valence-corrected chi connectivity index (χ0v) is 14.2. The summed E-state index contributed by atoms with van der Waals surface area (Å²) in [5.74, 6) is -0.0900. The Morgan fingerprint density at radius 1 is 1.17 bits per heavy atom. The molecule has 5 heteroatoms. The predicted octanol–water partition coefficient (Wildman–Crippen LogP) is 3.78. The summed E-state index contributed by atoms with van der Waals surface area (Å²) in [5, 5.41) is 2.96. The van der Waals surface area contributed by atoms with Crippen LogP contribution in [0, 0.1) is 0 Å². The standard InChI is InChI=1S/C18H16BrN3O/c1-22-12-15(14-5-7-20-8-6-14)10-17(22)18(23)21-11-13-3-2-4-16(19)9-13/h2-10,12H,11H2,1H3,(H,21,23). The molecule has 3 aromatic rings. The van der Waals surface area contributed by atoms with E-state index in [1.54, 1.807) is 12.4 Å². The van der Waals surface area contributed by atoms with E-state index in [1.165, 1.54) is 0 Å². The first kappa shape index (κ1) is 15.5. The Morgan fingerprint density at radius 2 is 1.96 bits per heavy atom. The molecular formula is C18H16BrN3O. The molecule has 3 rings (SSSR count). The first-order valence-electron chi connectivity index (χ1n) is 7.23. The Labute approximate surface area is 143 Å². The van der Waals surface area contributed by atoms with Gasteiger partial charge < -0.3 is 9.88 Å². The minimum absolute atomic E-state index is 0.0900. The minimum Gasteiger partial charge on any atom is -0.347 e. The van der Waals surface area contributed by atoms with Gasteiger partial charge in [0.25, 0.3) is 5.91 Å². The smallest absolute Gasteiger partial charge is 0.268 e. The second-order valence-corrected chi connectivity index (χ2v) is 6.19. The van der Waals surface area contributed by atoms with Gasteiger partial charge in [-0.3, -0.25) is 9.78 Å². The van der Waals surface area contributed by atoms with Crippen LogP contribution >= 0.6 is 15.9 Å². The number of amides is 1. The van der Waals surface area contributed by atoms with E-state index < -0.39 is 0 Å².